The summed E-state index contributed by atoms with van der Waals surface area (Å²) in [6.07, 6.45) is 5.85. The van der Waals surface area contributed by atoms with Crippen molar-refractivity contribution in [2.75, 3.05) is 13.1 Å². The van der Waals surface area contributed by atoms with E-state index in [9.17, 15) is 18.0 Å². The van der Waals surface area contributed by atoms with Crippen LogP contribution < -0.4 is 10.0 Å². The summed E-state index contributed by atoms with van der Waals surface area (Å²) >= 11 is 1.30. The molecule has 1 aromatic carbocycles. The van der Waals surface area contributed by atoms with Crippen LogP contribution in [0.2, 0.25) is 0 Å². The molecule has 35 heavy (non-hydrogen) atoms. The molecular formula is C26H35N3O4S2. The summed E-state index contributed by atoms with van der Waals surface area (Å²) < 4.78 is 28.7. The molecule has 0 radical (unpaired) electrons. The Kier molecular flexibility index (Phi) is 7.68. The minimum absolute atomic E-state index is 0.0362. The van der Waals surface area contributed by atoms with Crippen LogP contribution in [0, 0.1) is 5.92 Å². The van der Waals surface area contributed by atoms with Crippen LogP contribution in [0.5, 0.6) is 0 Å². The Morgan fingerprint density at radius 2 is 1.63 bits per heavy atom. The highest BCUT2D eigenvalue weighted by atomic mass is 32.2. The van der Waals surface area contributed by atoms with Gasteiger partial charge in [0.15, 0.2) is 0 Å². The number of piperidine rings is 1. The van der Waals surface area contributed by atoms with E-state index in [2.05, 4.69) is 10.0 Å². The number of carbonyl (C=O) groups is 2. The molecule has 2 heterocycles. The molecule has 1 aliphatic carbocycles. The van der Waals surface area contributed by atoms with Crippen LogP contribution in [-0.2, 0) is 14.8 Å². The Hall–Kier alpha value is -2.23. The van der Waals surface area contributed by atoms with Crippen molar-refractivity contribution in [3.05, 3.63) is 41.3 Å². The van der Waals surface area contributed by atoms with Crippen molar-refractivity contribution >= 4 is 33.2 Å². The molecule has 0 bridgehead atoms. The van der Waals surface area contributed by atoms with Crippen LogP contribution in [0.3, 0.4) is 0 Å². The average Bonchev–Trinajstić information content (AvgIpc) is 3.49. The van der Waals surface area contributed by atoms with E-state index in [1.54, 1.807) is 56.0 Å². The van der Waals surface area contributed by atoms with E-state index in [0.717, 1.165) is 17.7 Å². The maximum Gasteiger partial charge on any atom is 0.263 e. The molecule has 2 N–H and O–H groups in total. The third-order valence-corrected chi connectivity index (χ3v) is 9.48. The van der Waals surface area contributed by atoms with Gasteiger partial charge in [-0.05, 0) is 64.7 Å². The minimum Gasteiger partial charge on any atom is -0.353 e. The first-order chi connectivity index (χ1) is 16.5. The highest BCUT2D eigenvalue weighted by Gasteiger charge is 2.30. The molecule has 0 unspecified atom stereocenters. The van der Waals surface area contributed by atoms with E-state index in [4.69, 9.17) is 0 Å². The molecule has 0 spiro atoms. The quantitative estimate of drug-likeness (QED) is 0.594. The lowest BCUT2D eigenvalue weighted by molar-refractivity contribution is -0.127. The highest BCUT2D eigenvalue weighted by Crippen LogP contribution is 2.34. The lowest BCUT2D eigenvalue weighted by atomic mass is 9.95. The van der Waals surface area contributed by atoms with Crippen LogP contribution >= 0.6 is 11.3 Å². The summed E-state index contributed by atoms with van der Waals surface area (Å²) in [4.78, 5) is 29.1. The molecule has 2 aliphatic rings. The van der Waals surface area contributed by atoms with Crippen molar-refractivity contribution in [2.24, 2.45) is 5.92 Å². The van der Waals surface area contributed by atoms with Crippen molar-refractivity contribution < 1.29 is 18.0 Å². The number of hydrogen-bond donors (Lipinski definition) is 2. The molecule has 1 aliphatic heterocycles. The summed E-state index contributed by atoms with van der Waals surface area (Å²) in [5.41, 5.74) is -0.0292. The number of amides is 2. The lowest BCUT2D eigenvalue weighted by Gasteiger charge is -2.31. The maximum absolute atomic E-state index is 13.2. The first-order valence-electron chi connectivity index (χ1n) is 12.4. The molecule has 1 aromatic heterocycles. The van der Waals surface area contributed by atoms with Crippen LogP contribution in [0.1, 0.15) is 69.0 Å². The molecule has 190 valence electrons. The number of nitrogens with zero attached hydrogens (tertiary/aromatic N) is 1. The molecule has 1 saturated carbocycles. The number of sulfonamides is 1. The number of rotatable bonds is 6. The van der Waals surface area contributed by atoms with Crippen molar-refractivity contribution in [3.8, 4) is 10.4 Å². The Morgan fingerprint density at radius 1 is 0.971 bits per heavy atom. The number of carbonyl (C=O) groups excluding carboxylic acids is 2. The van der Waals surface area contributed by atoms with Gasteiger partial charge in [-0.25, -0.2) is 13.1 Å². The Morgan fingerprint density at radius 3 is 2.29 bits per heavy atom. The number of hydrogen-bond acceptors (Lipinski definition) is 5. The van der Waals surface area contributed by atoms with E-state index in [0.29, 0.717) is 42.4 Å². The zero-order chi connectivity index (χ0) is 25.2. The molecule has 2 aromatic rings. The van der Waals surface area contributed by atoms with Gasteiger partial charge in [0.05, 0.1) is 9.77 Å². The van der Waals surface area contributed by atoms with Gasteiger partial charge in [0, 0.05) is 41.0 Å². The molecular weight excluding hydrogens is 482 g/mol. The molecule has 0 atom stereocenters. The normalized spacial score (nSPS) is 18.1. The summed E-state index contributed by atoms with van der Waals surface area (Å²) in [5.74, 6) is 0.0269. The van der Waals surface area contributed by atoms with Gasteiger partial charge >= 0.3 is 0 Å². The number of nitrogens with one attached hydrogen (secondary N) is 2. The number of likely N-dealkylation sites (tertiary alicyclic amines) is 1. The largest absolute Gasteiger partial charge is 0.353 e. The second-order valence-corrected chi connectivity index (χ2v) is 13.3. The number of thiophene rings is 1. The number of benzene rings is 1. The van der Waals surface area contributed by atoms with Crippen LogP contribution in [-0.4, -0.2) is 49.8 Å². The molecule has 2 amide bonds. The SMILES string of the molecule is CC(C)(C)NS(=O)(=O)c1ccccc1-c1ccc(C(=O)N2CCC(C(=O)NC3CCCC3)CC2)s1. The second-order valence-electron chi connectivity index (χ2n) is 10.6. The fourth-order valence-electron chi connectivity index (χ4n) is 4.85. The second kappa shape index (κ2) is 10.4. The predicted octanol–water partition coefficient (Wildman–Crippen LogP) is 4.40. The van der Waals surface area contributed by atoms with Gasteiger partial charge in [0.1, 0.15) is 0 Å². The van der Waals surface area contributed by atoms with Crippen molar-refractivity contribution in [3.63, 3.8) is 0 Å². The minimum atomic E-state index is -3.73. The van der Waals surface area contributed by atoms with E-state index in [1.165, 1.54) is 24.2 Å². The lowest BCUT2D eigenvalue weighted by Crippen LogP contribution is -2.44. The van der Waals surface area contributed by atoms with Crippen LogP contribution in [0.25, 0.3) is 10.4 Å². The third kappa shape index (κ3) is 6.32. The van der Waals surface area contributed by atoms with Gasteiger partial charge in [-0.2, -0.15) is 0 Å². The van der Waals surface area contributed by atoms with Crippen molar-refractivity contribution in [2.45, 2.75) is 75.8 Å². The summed E-state index contributed by atoms with van der Waals surface area (Å²) in [5, 5.41) is 3.18. The summed E-state index contributed by atoms with van der Waals surface area (Å²) in [7, 11) is -3.73. The summed E-state index contributed by atoms with van der Waals surface area (Å²) in [6.45, 7) is 6.51. The van der Waals surface area contributed by atoms with Crippen LogP contribution in [0.4, 0.5) is 0 Å². The summed E-state index contributed by atoms with van der Waals surface area (Å²) in [6, 6.07) is 10.8. The van der Waals surface area contributed by atoms with Gasteiger partial charge in [-0.15, -0.1) is 11.3 Å². The van der Waals surface area contributed by atoms with Gasteiger partial charge in [0.2, 0.25) is 15.9 Å². The van der Waals surface area contributed by atoms with Gasteiger partial charge in [0.25, 0.3) is 5.91 Å². The monoisotopic (exact) mass is 517 g/mol. The zero-order valence-electron chi connectivity index (χ0n) is 20.7. The zero-order valence-corrected chi connectivity index (χ0v) is 22.3. The fraction of sp³-hybridized carbons (Fsp3) is 0.538. The van der Waals surface area contributed by atoms with Crippen LogP contribution in [0.15, 0.2) is 41.3 Å². The first-order valence-corrected chi connectivity index (χ1v) is 14.7. The third-order valence-electron chi connectivity index (χ3n) is 6.55. The molecule has 4 rings (SSSR count). The van der Waals surface area contributed by atoms with Gasteiger partial charge in [-0.1, -0.05) is 31.0 Å². The van der Waals surface area contributed by atoms with Gasteiger partial charge < -0.3 is 10.2 Å². The average molecular weight is 518 g/mol. The van der Waals surface area contributed by atoms with E-state index in [-0.39, 0.29) is 22.6 Å². The maximum atomic E-state index is 13.2. The van der Waals surface area contributed by atoms with E-state index in [1.807, 2.05) is 6.07 Å². The van der Waals surface area contributed by atoms with Crippen molar-refractivity contribution in [1.29, 1.82) is 0 Å². The predicted molar refractivity (Wildman–Crippen MR) is 139 cm³/mol. The van der Waals surface area contributed by atoms with Gasteiger partial charge in [-0.3, -0.25) is 9.59 Å². The standard InChI is InChI=1S/C26H35N3O4S2/c1-26(2,3)28-35(32,33)23-11-7-6-10-20(23)21-12-13-22(34-21)25(31)29-16-14-18(15-17-29)24(30)27-19-8-4-5-9-19/h6-7,10-13,18-19,28H,4-5,8-9,14-17H2,1-3H3,(H,27,30). The molecule has 9 heteroatoms. The molecule has 7 nitrogen and oxygen atoms in total. The van der Waals surface area contributed by atoms with E-state index >= 15 is 0 Å². The fourth-order valence-corrected chi connectivity index (χ4v) is 7.57. The Bertz CT molecular complexity index is 1170. The Balaban J connectivity index is 1.43. The van der Waals surface area contributed by atoms with E-state index < -0.39 is 15.6 Å². The topological polar surface area (TPSA) is 95.6 Å². The first kappa shape index (κ1) is 25.9. The smallest absolute Gasteiger partial charge is 0.263 e. The Labute approximate surface area is 212 Å². The molecule has 1 saturated heterocycles. The van der Waals surface area contributed by atoms with Crippen molar-refractivity contribution in [1.82, 2.24) is 14.9 Å². The highest BCUT2D eigenvalue weighted by molar-refractivity contribution is 7.89. The molecule has 2 fully saturated rings.